The van der Waals surface area contributed by atoms with E-state index in [-0.39, 0.29) is 5.56 Å². The van der Waals surface area contributed by atoms with Crippen molar-refractivity contribution in [1.29, 1.82) is 0 Å². The maximum Gasteiger partial charge on any atom is 0.341 e. The number of nitrogens with zero attached hydrogens (tertiary/aromatic N) is 1. The fourth-order valence-corrected chi connectivity index (χ4v) is 1.65. The predicted octanol–water partition coefficient (Wildman–Crippen LogP) is 1.71. The SMILES string of the molecule is O=C(O)c1cnoc1CNCCc1ccccc1. The van der Waals surface area contributed by atoms with E-state index in [1.54, 1.807) is 0 Å². The Hall–Kier alpha value is -2.14. The smallest absolute Gasteiger partial charge is 0.341 e. The average Bonchev–Trinajstić information content (AvgIpc) is 2.84. The van der Waals surface area contributed by atoms with Crippen molar-refractivity contribution >= 4 is 5.97 Å². The van der Waals surface area contributed by atoms with Crippen LogP contribution < -0.4 is 5.32 Å². The highest BCUT2D eigenvalue weighted by atomic mass is 16.5. The summed E-state index contributed by atoms with van der Waals surface area (Å²) in [5, 5.41) is 15.5. The molecule has 0 spiro atoms. The number of carbonyl (C=O) groups is 1. The number of aromatic nitrogens is 1. The van der Waals surface area contributed by atoms with E-state index in [9.17, 15) is 4.79 Å². The normalized spacial score (nSPS) is 10.4. The summed E-state index contributed by atoms with van der Waals surface area (Å²) in [6.45, 7) is 1.12. The van der Waals surface area contributed by atoms with Crippen molar-refractivity contribution < 1.29 is 14.4 Å². The molecule has 0 aliphatic heterocycles. The quantitative estimate of drug-likeness (QED) is 0.759. The van der Waals surface area contributed by atoms with Gasteiger partial charge in [0.15, 0.2) is 5.76 Å². The van der Waals surface area contributed by atoms with Crippen molar-refractivity contribution in [3.63, 3.8) is 0 Å². The summed E-state index contributed by atoms with van der Waals surface area (Å²) in [4.78, 5) is 10.8. The van der Waals surface area contributed by atoms with Crippen LogP contribution in [0, 0.1) is 0 Å². The zero-order valence-electron chi connectivity index (χ0n) is 9.80. The Bertz CT molecular complexity index is 508. The number of nitrogens with one attached hydrogen (secondary N) is 1. The first kappa shape index (κ1) is 12.3. The molecule has 18 heavy (non-hydrogen) atoms. The molecule has 0 radical (unpaired) electrons. The minimum Gasteiger partial charge on any atom is -0.478 e. The van der Waals surface area contributed by atoms with Crippen LogP contribution in [0.2, 0.25) is 0 Å². The van der Waals surface area contributed by atoms with Crippen LogP contribution in [0.4, 0.5) is 0 Å². The second-order valence-electron chi connectivity index (χ2n) is 3.88. The topological polar surface area (TPSA) is 75.4 Å². The van der Waals surface area contributed by atoms with E-state index in [0.717, 1.165) is 13.0 Å². The van der Waals surface area contributed by atoms with Crippen LogP contribution in [-0.4, -0.2) is 22.8 Å². The molecule has 0 fully saturated rings. The molecule has 0 bridgehead atoms. The molecule has 0 aliphatic carbocycles. The van der Waals surface area contributed by atoms with E-state index in [1.807, 2.05) is 18.2 Å². The molecule has 5 heteroatoms. The third-order valence-electron chi connectivity index (χ3n) is 2.59. The summed E-state index contributed by atoms with van der Waals surface area (Å²) in [5.41, 5.74) is 1.35. The van der Waals surface area contributed by atoms with E-state index in [4.69, 9.17) is 9.63 Å². The number of hydrogen-bond donors (Lipinski definition) is 2. The summed E-state index contributed by atoms with van der Waals surface area (Å²) in [6, 6.07) is 10.1. The molecule has 2 aromatic rings. The first-order valence-corrected chi connectivity index (χ1v) is 5.69. The number of aromatic carboxylic acids is 1. The van der Waals surface area contributed by atoms with Gasteiger partial charge in [0.05, 0.1) is 12.7 Å². The van der Waals surface area contributed by atoms with Gasteiger partial charge in [-0.15, -0.1) is 0 Å². The Kier molecular flexibility index (Phi) is 4.09. The van der Waals surface area contributed by atoms with Gasteiger partial charge in [-0.25, -0.2) is 4.79 Å². The lowest BCUT2D eigenvalue weighted by molar-refractivity contribution is 0.0694. The van der Waals surface area contributed by atoms with Crippen molar-refractivity contribution in [2.24, 2.45) is 0 Å². The molecule has 5 nitrogen and oxygen atoms in total. The molecule has 1 aromatic heterocycles. The number of rotatable bonds is 6. The molecule has 0 aliphatic rings. The van der Waals surface area contributed by atoms with Crippen molar-refractivity contribution in [1.82, 2.24) is 10.5 Å². The van der Waals surface area contributed by atoms with E-state index in [2.05, 4.69) is 22.6 Å². The van der Waals surface area contributed by atoms with E-state index in [1.165, 1.54) is 11.8 Å². The molecule has 0 unspecified atom stereocenters. The summed E-state index contributed by atoms with van der Waals surface area (Å²) in [5.74, 6) is -0.660. The Morgan fingerprint density at radius 1 is 1.33 bits per heavy atom. The Labute approximate surface area is 104 Å². The first-order chi connectivity index (χ1) is 8.77. The van der Waals surface area contributed by atoms with E-state index >= 15 is 0 Å². The van der Waals surface area contributed by atoms with Crippen molar-refractivity contribution in [3.8, 4) is 0 Å². The van der Waals surface area contributed by atoms with E-state index < -0.39 is 5.97 Å². The Morgan fingerprint density at radius 3 is 2.83 bits per heavy atom. The largest absolute Gasteiger partial charge is 0.478 e. The molecule has 0 saturated heterocycles. The van der Waals surface area contributed by atoms with Gasteiger partial charge in [-0.05, 0) is 18.5 Å². The third kappa shape index (κ3) is 3.18. The van der Waals surface area contributed by atoms with Crippen LogP contribution in [0.5, 0.6) is 0 Å². The molecule has 0 saturated carbocycles. The van der Waals surface area contributed by atoms with Crippen LogP contribution in [0.3, 0.4) is 0 Å². The van der Waals surface area contributed by atoms with Gasteiger partial charge in [-0.3, -0.25) is 0 Å². The second kappa shape index (κ2) is 5.97. The van der Waals surface area contributed by atoms with Gasteiger partial charge < -0.3 is 14.9 Å². The zero-order valence-corrected chi connectivity index (χ0v) is 9.80. The van der Waals surface area contributed by atoms with Gasteiger partial charge in [0.1, 0.15) is 5.56 Å². The van der Waals surface area contributed by atoms with Gasteiger partial charge in [-0.2, -0.15) is 0 Å². The maximum absolute atomic E-state index is 10.8. The van der Waals surface area contributed by atoms with Crippen LogP contribution in [0.25, 0.3) is 0 Å². The van der Waals surface area contributed by atoms with Crippen LogP contribution >= 0.6 is 0 Å². The maximum atomic E-state index is 10.8. The lowest BCUT2D eigenvalue weighted by atomic mass is 10.1. The number of carboxylic acids is 1. The van der Waals surface area contributed by atoms with Gasteiger partial charge in [0.2, 0.25) is 0 Å². The molecular formula is C13H14N2O3. The summed E-state index contributed by atoms with van der Waals surface area (Å²) >= 11 is 0. The van der Waals surface area contributed by atoms with Gasteiger partial charge in [-0.1, -0.05) is 35.5 Å². The number of hydrogen-bond acceptors (Lipinski definition) is 4. The summed E-state index contributed by atoms with van der Waals surface area (Å²) < 4.78 is 4.88. The summed E-state index contributed by atoms with van der Waals surface area (Å²) in [6.07, 6.45) is 2.11. The van der Waals surface area contributed by atoms with Gasteiger partial charge in [0.25, 0.3) is 0 Å². The molecule has 1 heterocycles. The highest BCUT2D eigenvalue weighted by Crippen LogP contribution is 2.07. The van der Waals surface area contributed by atoms with Gasteiger partial charge in [0, 0.05) is 0 Å². The molecule has 94 valence electrons. The molecule has 2 N–H and O–H groups in total. The van der Waals surface area contributed by atoms with Crippen molar-refractivity contribution in [2.75, 3.05) is 6.54 Å². The van der Waals surface area contributed by atoms with Crippen LogP contribution in [-0.2, 0) is 13.0 Å². The minimum atomic E-state index is -1.02. The number of benzene rings is 1. The highest BCUT2D eigenvalue weighted by molar-refractivity contribution is 5.88. The van der Waals surface area contributed by atoms with E-state index in [0.29, 0.717) is 12.3 Å². The fourth-order valence-electron chi connectivity index (χ4n) is 1.65. The lowest BCUT2D eigenvalue weighted by Crippen LogP contribution is -2.17. The monoisotopic (exact) mass is 246 g/mol. The van der Waals surface area contributed by atoms with Crippen LogP contribution in [0.1, 0.15) is 21.7 Å². The molecule has 1 aromatic carbocycles. The summed E-state index contributed by atoms with van der Waals surface area (Å²) in [7, 11) is 0. The van der Waals surface area contributed by atoms with Crippen LogP contribution in [0.15, 0.2) is 41.1 Å². The van der Waals surface area contributed by atoms with Gasteiger partial charge >= 0.3 is 5.97 Å². The molecule has 0 atom stereocenters. The predicted molar refractivity (Wildman–Crippen MR) is 65.3 cm³/mol. The molecule has 0 amide bonds. The van der Waals surface area contributed by atoms with Crippen molar-refractivity contribution in [2.45, 2.75) is 13.0 Å². The standard InChI is InChI=1S/C13H14N2O3/c16-13(17)11-8-15-18-12(11)9-14-7-6-10-4-2-1-3-5-10/h1-5,8,14H,6-7,9H2,(H,16,17). The minimum absolute atomic E-state index is 0.113. The Balaban J connectivity index is 1.79. The molecular weight excluding hydrogens is 232 g/mol. The fraction of sp³-hybridized carbons (Fsp3) is 0.231. The first-order valence-electron chi connectivity index (χ1n) is 5.69. The van der Waals surface area contributed by atoms with Crippen molar-refractivity contribution in [3.05, 3.63) is 53.4 Å². The second-order valence-corrected chi connectivity index (χ2v) is 3.88. The third-order valence-corrected chi connectivity index (χ3v) is 2.59. The highest BCUT2D eigenvalue weighted by Gasteiger charge is 2.13. The molecule has 2 rings (SSSR count). The lowest BCUT2D eigenvalue weighted by Gasteiger charge is -2.03. The average molecular weight is 246 g/mol. The number of carboxylic acid groups (broad SMARTS) is 1. The Morgan fingerprint density at radius 2 is 2.11 bits per heavy atom. The zero-order chi connectivity index (χ0) is 12.8.